The van der Waals surface area contributed by atoms with Gasteiger partial charge >= 0.3 is 0 Å². The molecule has 0 amide bonds. The van der Waals surface area contributed by atoms with Gasteiger partial charge in [-0.2, -0.15) is 0 Å². The van der Waals surface area contributed by atoms with Gasteiger partial charge in [0.15, 0.2) is 0 Å². The summed E-state index contributed by atoms with van der Waals surface area (Å²) in [6.45, 7) is 5.18. The maximum atomic E-state index is 5.65. The Morgan fingerprint density at radius 2 is 1.45 bits per heavy atom. The maximum Gasteiger partial charge on any atom is 0.128 e. The Morgan fingerprint density at radius 3 is 2.07 bits per heavy atom. The van der Waals surface area contributed by atoms with Crippen LogP contribution in [0.15, 0.2) is 36.7 Å². The summed E-state index contributed by atoms with van der Waals surface area (Å²) < 4.78 is 5.65. The third-order valence-corrected chi connectivity index (χ3v) is 6.32. The van der Waals surface area contributed by atoms with Crippen LogP contribution < -0.4 is 4.74 Å². The van der Waals surface area contributed by atoms with E-state index in [1.807, 2.05) is 24.5 Å². The molecule has 2 aromatic rings. The second-order valence-electron chi connectivity index (χ2n) is 8.68. The molecule has 1 aromatic heterocycles. The van der Waals surface area contributed by atoms with Gasteiger partial charge in [0.1, 0.15) is 11.6 Å². The number of aryl methyl sites for hydroxylation is 1. The monoisotopic (exact) mass is 394 g/mol. The van der Waals surface area contributed by atoms with E-state index in [0.717, 1.165) is 54.0 Å². The van der Waals surface area contributed by atoms with Crippen molar-refractivity contribution in [2.24, 2.45) is 11.8 Å². The van der Waals surface area contributed by atoms with Gasteiger partial charge in [-0.05, 0) is 42.4 Å². The predicted molar refractivity (Wildman–Crippen MR) is 121 cm³/mol. The molecule has 1 aromatic carbocycles. The second-order valence-corrected chi connectivity index (χ2v) is 8.68. The van der Waals surface area contributed by atoms with E-state index >= 15 is 0 Å². The van der Waals surface area contributed by atoms with E-state index in [2.05, 4.69) is 35.9 Å². The topological polar surface area (TPSA) is 35.0 Å². The van der Waals surface area contributed by atoms with Crippen LogP contribution in [0.25, 0.3) is 11.1 Å². The van der Waals surface area contributed by atoms with Gasteiger partial charge in [0.05, 0.1) is 6.61 Å². The summed E-state index contributed by atoms with van der Waals surface area (Å²) in [5, 5.41) is 0. The largest absolute Gasteiger partial charge is 0.494 e. The van der Waals surface area contributed by atoms with Crippen LogP contribution in [0.5, 0.6) is 5.75 Å². The Hall–Kier alpha value is -1.90. The molecule has 0 saturated heterocycles. The fourth-order valence-electron chi connectivity index (χ4n) is 4.42. The number of hydrogen-bond acceptors (Lipinski definition) is 3. The number of ether oxygens (including phenoxy) is 1. The van der Waals surface area contributed by atoms with Crippen molar-refractivity contribution in [3.8, 4) is 16.9 Å². The van der Waals surface area contributed by atoms with Gasteiger partial charge in [-0.15, -0.1) is 0 Å². The minimum Gasteiger partial charge on any atom is -0.494 e. The quantitative estimate of drug-likeness (QED) is 0.376. The standard InChI is InChI=1S/C26H38N2O/c1-3-5-6-7-21-8-10-22(11-9-21)12-17-26-27-19-24(20-28-26)23-13-15-25(16-14-23)29-18-4-2/h13-16,19-22H,3-12,17-18H2,1-2H3. The van der Waals surface area contributed by atoms with Crippen LogP contribution in [0.3, 0.4) is 0 Å². The summed E-state index contributed by atoms with van der Waals surface area (Å²) in [4.78, 5) is 9.27. The zero-order chi connectivity index (χ0) is 20.3. The van der Waals surface area contributed by atoms with Crippen molar-refractivity contribution in [1.82, 2.24) is 9.97 Å². The third-order valence-electron chi connectivity index (χ3n) is 6.32. The molecular weight excluding hydrogens is 356 g/mol. The molecule has 0 spiro atoms. The van der Waals surface area contributed by atoms with Crippen LogP contribution >= 0.6 is 0 Å². The number of aromatic nitrogens is 2. The van der Waals surface area contributed by atoms with Crippen LogP contribution in [0.4, 0.5) is 0 Å². The molecule has 3 rings (SSSR count). The van der Waals surface area contributed by atoms with E-state index in [1.165, 1.54) is 57.8 Å². The molecular formula is C26H38N2O. The van der Waals surface area contributed by atoms with E-state index in [1.54, 1.807) is 0 Å². The average Bonchev–Trinajstić information content (AvgIpc) is 2.78. The Kier molecular flexibility index (Phi) is 8.98. The highest BCUT2D eigenvalue weighted by Crippen LogP contribution is 2.34. The van der Waals surface area contributed by atoms with E-state index < -0.39 is 0 Å². The van der Waals surface area contributed by atoms with E-state index in [-0.39, 0.29) is 0 Å². The first-order chi connectivity index (χ1) is 14.3. The number of nitrogens with zero attached hydrogens (tertiary/aromatic N) is 2. The van der Waals surface area contributed by atoms with E-state index in [9.17, 15) is 0 Å². The molecule has 3 heteroatoms. The first-order valence-electron chi connectivity index (χ1n) is 11.8. The lowest BCUT2D eigenvalue weighted by Crippen LogP contribution is -2.15. The van der Waals surface area contributed by atoms with Crippen LogP contribution in [0.1, 0.15) is 83.9 Å². The Balaban J connectivity index is 1.42. The summed E-state index contributed by atoms with van der Waals surface area (Å²) in [5.74, 6) is 3.78. The predicted octanol–water partition coefficient (Wildman–Crippen LogP) is 7.25. The molecule has 0 unspecified atom stereocenters. The molecule has 158 valence electrons. The summed E-state index contributed by atoms with van der Waals surface area (Å²) in [6, 6.07) is 8.22. The molecule has 0 N–H and O–H groups in total. The maximum absolute atomic E-state index is 5.65. The smallest absolute Gasteiger partial charge is 0.128 e. The van der Waals surface area contributed by atoms with Crippen molar-refractivity contribution in [3.63, 3.8) is 0 Å². The van der Waals surface area contributed by atoms with Crippen molar-refractivity contribution < 1.29 is 4.74 Å². The first kappa shape index (κ1) is 21.8. The Labute approximate surface area is 177 Å². The van der Waals surface area contributed by atoms with E-state index in [0.29, 0.717) is 0 Å². The fraction of sp³-hybridized carbons (Fsp3) is 0.615. The molecule has 1 aliphatic rings. The average molecular weight is 395 g/mol. The summed E-state index contributed by atoms with van der Waals surface area (Å²) >= 11 is 0. The molecule has 1 heterocycles. The highest BCUT2D eigenvalue weighted by molar-refractivity contribution is 5.62. The molecule has 0 radical (unpaired) electrons. The lowest BCUT2D eigenvalue weighted by atomic mass is 9.78. The Bertz CT molecular complexity index is 688. The van der Waals surface area contributed by atoms with Crippen LogP contribution in [0.2, 0.25) is 0 Å². The number of rotatable bonds is 11. The fourth-order valence-corrected chi connectivity index (χ4v) is 4.42. The van der Waals surface area contributed by atoms with Crippen molar-refractivity contribution in [3.05, 3.63) is 42.5 Å². The zero-order valence-corrected chi connectivity index (χ0v) is 18.4. The lowest BCUT2D eigenvalue weighted by molar-refractivity contribution is 0.248. The number of benzene rings is 1. The number of hydrogen-bond donors (Lipinski definition) is 0. The first-order valence-corrected chi connectivity index (χ1v) is 11.8. The second kappa shape index (κ2) is 11.9. The third kappa shape index (κ3) is 7.13. The van der Waals surface area contributed by atoms with E-state index in [4.69, 9.17) is 4.74 Å². The van der Waals surface area contributed by atoms with Crippen LogP contribution in [-0.4, -0.2) is 16.6 Å². The summed E-state index contributed by atoms with van der Waals surface area (Å²) in [5.41, 5.74) is 2.21. The molecule has 0 atom stereocenters. The molecule has 0 aliphatic heterocycles. The van der Waals surface area contributed by atoms with Gasteiger partial charge in [-0.1, -0.05) is 77.3 Å². The van der Waals surface area contributed by atoms with Crippen LogP contribution in [0, 0.1) is 11.8 Å². The van der Waals surface area contributed by atoms with Crippen molar-refractivity contribution in [2.45, 2.75) is 84.5 Å². The lowest BCUT2D eigenvalue weighted by Gasteiger charge is -2.28. The molecule has 1 aliphatic carbocycles. The van der Waals surface area contributed by atoms with Crippen molar-refractivity contribution in [2.75, 3.05) is 6.61 Å². The van der Waals surface area contributed by atoms with Crippen molar-refractivity contribution in [1.29, 1.82) is 0 Å². The zero-order valence-electron chi connectivity index (χ0n) is 18.4. The van der Waals surface area contributed by atoms with Crippen LogP contribution in [-0.2, 0) is 6.42 Å². The van der Waals surface area contributed by atoms with Gasteiger partial charge in [0.25, 0.3) is 0 Å². The minimum atomic E-state index is 0.762. The molecule has 1 fully saturated rings. The highest BCUT2D eigenvalue weighted by atomic mass is 16.5. The minimum absolute atomic E-state index is 0.762. The SMILES string of the molecule is CCCCCC1CCC(CCc2ncc(-c3ccc(OCCC)cc3)cn2)CC1. The summed E-state index contributed by atoms with van der Waals surface area (Å²) in [7, 11) is 0. The molecule has 29 heavy (non-hydrogen) atoms. The van der Waals surface area contributed by atoms with Gasteiger partial charge in [0.2, 0.25) is 0 Å². The highest BCUT2D eigenvalue weighted by Gasteiger charge is 2.20. The molecule has 3 nitrogen and oxygen atoms in total. The van der Waals surface area contributed by atoms with Gasteiger partial charge < -0.3 is 4.74 Å². The van der Waals surface area contributed by atoms with Gasteiger partial charge in [-0.3, -0.25) is 0 Å². The number of unbranched alkanes of at least 4 members (excludes halogenated alkanes) is 2. The van der Waals surface area contributed by atoms with Gasteiger partial charge in [0, 0.05) is 24.4 Å². The molecule has 1 saturated carbocycles. The van der Waals surface area contributed by atoms with Gasteiger partial charge in [-0.25, -0.2) is 9.97 Å². The van der Waals surface area contributed by atoms with Crippen molar-refractivity contribution >= 4 is 0 Å². The summed E-state index contributed by atoms with van der Waals surface area (Å²) in [6.07, 6.45) is 18.5. The normalized spacial score (nSPS) is 19.2. The molecule has 0 bridgehead atoms. The Morgan fingerprint density at radius 1 is 0.793 bits per heavy atom.